The van der Waals surface area contributed by atoms with Crippen molar-refractivity contribution < 1.29 is 19.4 Å². The maximum absolute atomic E-state index is 11.9. The van der Waals surface area contributed by atoms with Gasteiger partial charge in [0, 0.05) is 61.3 Å². The highest BCUT2D eigenvalue weighted by molar-refractivity contribution is 5.95. The molecule has 48 heavy (non-hydrogen) atoms. The van der Waals surface area contributed by atoms with Crippen molar-refractivity contribution in [2.75, 3.05) is 62.7 Å². The number of benzene rings is 3. The zero-order valence-corrected chi connectivity index (χ0v) is 27.3. The van der Waals surface area contributed by atoms with Gasteiger partial charge in [-0.05, 0) is 43.5 Å². The van der Waals surface area contributed by atoms with Crippen LogP contribution in [0, 0.1) is 17.2 Å². The minimum Gasteiger partial charge on any atom is -0.489 e. The van der Waals surface area contributed by atoms with Crippen molar-refractivity contribution in [3.8, 4) is 17.8 Å². The molecule has 0 aliphatic carbocycles. The summed E-state index contributed by atoms with van der Waals surface area (Å²) in [6.07, 6.45) is 0.912. The van der Waals surface area contributed by atoms with Crippen molar-refractivity contribution in [2.45, 2.75) is 38.5 Å². The summed E-state index contributed by atoms with van der Waals surface area (Å²) in [6, 6.07) is 24.9. The van der Waals surface area contributed by atoms with Gasteiger partial charge in [-0.1, -0.05) is 54.6 Å². The first kappa shape index (κ1) is 31.5. The molecule has 3 aromatic carbocycles. The second-order valence-corrected chi connectivity index (χ2v) is 13.0. The average molecular weight is 648 g/mol. The number of aromatic nitrogens is 2. The number of piperazine rings is 1. The Balaban J connectivity index is 1.20. The molecule has 1 unspecified atom stereocenters. The molecule has 0 bridgehead atoms. The molecule has 11 nitrogen and oxygen atoms in total. The third-order valence-electron chi connectivity index (χ3n) is 9.72. The first-order valence-corrected chi connectivity index (χ1v) is 16.7. The molecule has 2 fully saturated rings. The largest absolute Gasteiger partial charge is 0.489 e. The Morgan fingerprint density at radius 2 is 1.81 bits per heavy atom. The van der Waals surface area contributed by atoms with Crippen molar-refractivity contribution in [3.05, 3.63) is 83.6 Å². The lowest BCUT2D eigenvalue weighted by Crippen LogP contribution is -2.55. The van der Waals surface area contributed by atoms with E-state index in [1.165, 1.54) is 4.90 Å². The lowest BCUT2D eigenvalue weighted by Gasteiger charge is -2.41. The minimum absolute atomic E-state index is 0.123. The summed E-state index contributed by atoms with van der Waals surface area (Å²) >= 11 is 0. The maximum Gasteiger partial charge on any atom is 0.407 e. The number of nitriles is 1. The molecule has 2 atom stereocenters. The smallest absolute Gasteiger partial charge is 0.407 e. The minimum atomic E-state index is -0.997. The number of fused-ring (bicyclic) bond motifs is 2. The highest BCUT2D eigenvalue weighted by atomic mass is 16.5. The Labute approximate surface area is 280 Å². The first-order valence-electron chi connectivity index (χ1n) is 16.7. The van der Waals surface area contributed by atoms with E-state index < -0.39 is 12.1 Å². The molecular weight excluding hydrogens is 606 g/mol. The summed E-state index contributed by atoms with van der Waals surface area (Å²) < 4.78 is 12.6. The Morgan fingerprint density at radius 1 is 0.979 bits per heavy atom. The second kappa shape index (κ2) is 14.0. The third-order valence-corrected chi connectivity index (χ3v) is 9.72. The van der Waals surface area contributed by atoms with E-state index in [0.29, 0.717) is 57.7 Å². The fraction of sp³-hybridized carbons (Fsp3) is 0.405. The second-order valence-electron chi connectivity index (χ2n) is 13.0. The molecule has 3 aliphatic rings. The first-order chi connectivity index (χ1) is 23.4. The van der Waals surface area contributed by atoms with E-state index in [1.54, 1.807) is 0 Å². The molecule has 4 heterocycles. The van der Waals surface area contributed by atoms with E-state index in [-0.39, 0.29) is 6.42 Å². The van der Waals surface area contributed by atoms with E-state index >= 15 is 0 Å². The van der Waals surface area contributed by atoms with Crippen molar-refractivity contribution in [1.82, 2.24) is 19.8 Å². The number of carboxylic acid groups (broad SMARTS) is 1. The molecule has 7 rings (SSSR count). The summed E-state index contributed by atoms with van der Waals surface area (Å²) in [5.41, 5.74) is 4.16. The van der Waals surface area contributed by atoms with Gasteiger partial charge in [0.2, 0.25) is 0 Å². The monoisotopic (exact) mass is 647 g/mol. The number of hydrogen-bond donors (Lipinski definition) is 1. The summed E-state index contributed by atoms with van der Waals surface area (Å²) in [4.78, 5) is 30.1. The van der Waals surface area contributed by atoms with Crippen molar-refractivity contribution >= 4 is 28.4 Å². The van der Waals surface area contributed by atoms with Gasteiger partial charge < -0.3 is 34.2 Å². The Bertz CT molecular complexity index is 1810. The molecular formula is C37H41N7O4. The quantitative estimate of drug-likeness (QED) is 0.260. The van der Waals surface area contributed by atoms with Gasteiger partial charge in [-0.3, -0.25) is 0 Å². The Kier molecular flexibility index (Phi) is 9.16. The van der Waals surface area contributed by atoms with Crippen LogP contribution in [0.25, 0.3) is 10.8 Å². The number of likely N-dealkylation sites (tertiary alicyclic amines) is 1. The lowest BCUT2D eigenvalue weighted by atomic mass is 10.0. The van der Waals surface area contributed by atoms with Gasteiger partial charge in [0.15, 0.2) is 0 Å². The summed E-state index contributed by atoms with van der Waals surface area (Å²) in [5.74, 6) is 2.02. The molecule has 1 amide bonds. The van der Waals surface area contributed by atoms with Crippen LogP contribution in [0.1, 0.15) is 29.7 Å². The predicted octanol–water partition coefficient (Wildman–Crippen LogP) is 5.18. The highest BCUT2D eigenvalue weighted by Crippen LogP contribution is 2.37. The van der Waals surface area contributed by atoms with Gasteiger partial charge in [-0.25, -0.2) is 4.79 Å². The number of amides is 1. The Morgan fingerprint density at radius 3 is 2.60 bits per heavy atom. The number of nitrogens with zero attached hydrogens (tertiary/aromatic N) is 7. The van der Waals surface area contributed by atoms with E-state index in [2.05, 4.69) is 70.3 Å². The maximum atomic E-state index is 11.9. The van der Waals surface area contributed by atoms with Crippen LogP contribution < -0.4 is 19.3 Å². The third kappa shape index (κ3) is 6.80. The Hall–Kier alpha value is -5.08. The highest BCUT2D eigenvalue weighted by Gasteiger charge is 2.34. The van der Waals surface area contributed by atoms with E-state index in [4.69, 9.17) is 19.4 Å². The normalized spacial score (nSPS) is 19.6. The van der Waals surface area contributed by atoms with Crippen LogP contribution in [0.2, 0.25) is 0 Å². The van der Waals surface area contributed by atoms with Crippen LogP contribution in [-0.2, 0) is 19.6 Å². The van der Waals surface area contributed by atoms with Gasteiger partial charge in [-0.2, -0.15) is 15.2 Å². The average Bonchev–Trinajstić information content (AvgIpc) is 3.54. The van der Waals surface area contributed by atoms with Gasteiger partial charge in [-0.15, -0.1) is 0 Å². The van der Waals surface area contributed by atoms with Crippen LogP contribution >= 0.6 is 0 Å². The molecule has 0 spiro atoms. The molecule has 0 saturated carbocycles. The molecule has 0 radical (unpaired) electrons. The number of rotatable bonds is 9. The molecule has 248 valence electrons. The number of anilines is 2. The standard InChI is InChI=1S/C37H41N7O4/c1-41-15-12-27(21-41)25-48-36-39-33-23-42(16-13-32(33)35(40-36)43-17-18-44(37(45)46)29(22-43)11-14-38)34-20-30(19-28-9-5-6-10-31(28)34)47-24-26-7-3-2-4-8-26/h2-10,19-20,27,29H,11-13,15-18,21-25H2,1H3,(H,45,46)/t27-,29?/m1/s1. The van der Waals surface area contributed by atoms with Gasteiger partial charge in [0.05, 0.1) is 37.4 Å². The fourth-order valence-corrected chi connectivity index (χ4v) is 7.20. The lowest BCUT2D eigenvalue weighted by molar-refractivity contribution is 0.119. The van der Waals surface area contributed by atoms with Gasteiger partial charge in [0.1, 0.15) is 18.2 Å². The number of carbonyl (C=O) groups is 1. The van der Waals surface area contributed by atoms with Crippen LogP contribution in [0.5, 0.6) is 11.8 Å². The molecule has 3 aliphatic heterocycles. The van der Waals surface area contributed by atoms with Crippen LogP contribution in [0.15, 0.2) is 66.7 Å². The molecule has 11 heteroatoms. The zero-order valence-electron chi connectivity index (χ0n) is 27.3. The SMILES string of the molecule is CN1CC[C@@H](COc2nc3c(c(N4CCN(C(=O)O)C(CC#N)C4)n2)CCN(c2cc(OCc4ccccc4)cc4ccccc24)C3)C1. The van der Waals surface area contributed by atoms with Crippen LogP contribution in [-0.4, -0.2) is 89.9 Å². The van der Waals surface area contributed by atoms with Gasteiger partial charge in [0.25, 0.3) is 0 Å². The molecule has 4 aromatic rings. The number of hydrogen-bond acceptors (Lipinski definition) is 9. The topological polar surface area (TPSA) is 118 Å². The zero-order chi connectivity index (χ0) is 33.0. The molecule has 1 aromatic heterocycles. The summed E-state index contributed by atoms with van der Waals surface area (Å²) in [7, 11) is 2.13. The van der Waals surface area contributed by atoms with Crippen LogP contribution in [0.4, 0.5) is 16.3 Å². The van der Waals surface area contributed by atoms with E-state index in [1.807, 2.05) is 24.3 Å². The summed E-state index contributed by atoms with van der Waals surface area (Å²) in [6.45, 7) is 5.56. The van der Waals surface area contributed by atoms with E-state index in [0.717, 1.165) is 70.9 Å². The van der Waals surface area contributed by atoms with Crippen LogP contribution in [0.3, 0.4) is 0 Å². The summed E-state index contributed by atoms with van der Waals surface area (Å²) in [5, 5.41) is 21.5. The molecule has 1 N–H and O–H groups in total. The van der Waals surface area contributed by atoms with E-state index in [9.17, 15) is 15.2 Å². The van der Waals surface area contributed by atoms with Crippen molar-refractivity contribution in [2.24, 2.45) is 5.92 Å². The van der Waals surface area contributed by atoms with Gasteiger partial charge >= 0.3 is 12.1 Å². The van der Waals surface area contributed by atoms with Crippen molar-refractivity contribution in [1.29, 1.82) is 5.26 Å². The number of ether oxygens (including phenoxy) is 2. The van der Waals surface area contributed by atoms with Crippen molar-refractivity contribution in [3.63, 3.8) is 0 Å². The molecule has 2 saturated heterocycles. The predicted molar refractivity (Wildman–Crippen MR) is 184 cm³/mol. The fourth-order valence-electron chi connectivity index (χ4n) is 7.20.